The predicted molar refractivity (Wildman–Crippen MR) is 72.2 cm³/mol. The van der Waals surface area contributed by atoms with Gasteiger partial charge in [0.05, 0.1) is 34.1 Å². The Bertz CT molecular complexity index is 191. The molecule has 0 aliphatic carbocycles. The van der Waals surface area contributed by atoms with Crippen molar-refractivity contribution in [1.29, 1.82) is 0 Å². The number of carbonyl (C=O) groups is 1. The van der Waals surface area contributed by atoms with E-state index in [1.54, 1.807) is 0 Å². The Labute approximate surface area is 119 Å². The van der Waals surface area contributed by atoms with Crippen LogP contribution in [0.1, 0.15) is 25.7 Å². The highest BCUT2D eigenvalue weighted by Gasteiger charge is 2.10. The Morgan fingerprint density at radius 3 is 2.00 bits per heavy atom. The SMILES string of the molecule is CN(C)CCCCC(=O)CC[N+](C)(C)C.Cl.[Cl-]. The number of hydrogen-bond donors (Lipinski definition) is 0. The smallest absolute Gasteiger partial charge is 0.138 e. The fourth-order valence-corrected chi connectivity index (χ4v) is 1.34. The normalized spacial score (nSPS) is 10.7. The number of carbonyl (C=O) groups excluding carboxylic acids is 1. The maximum absolute atomic E-state index is 11.5. The molecule has 0 N–H and O–H groups in total. The summed E-state index contributed by atoms with van der Waals surface area (Å²) in [4.78, 5) is 13.7. The third-order valence-electron chi connectivity index (χ3n) is 2.37. The maximum atomic E-state index is 11.5. The van der Waals surface area contributed by atoms with Gasteiger partial charge in [0, 0.05) is 6.42 Å². The van der Waals surface area contributed by atoms with Crippen LogP contribution in [0.3, 0.4) is 0 Å². The van der Waals surface area contributed by atoms with E-state index >= 15 is 0 Å². The number of ketones is 1. The van der Waals surface area contributed by atoms with Crippen LogP contribution in [-0.2, 0) is 4.79 Å². The van der Waals surface area contributed by atoms with Crippen LogP contribution in [0, 0.1) is 0 Å². The lowest BCUT2D eigenvalue weighted by Gasteiger charge is -2.23. The second-order valence-electron chi connectivity index (χ2n) is 5.56. The van der Waals surface area contributed by atoms with E-state index in [2.05, 4.69) is 40.1 Å². The molecule has 0 rings (SSSR count). The van der Waals surface area contributed by atoms with E-state index in [0.717, 1.165) is 43.3 Å². The average Bonchev–Trinajstić information content (AvgIpc) is 2.07. The van der Waals surface area contributed by atoms with Crippen molar-refractivity contribution in [2.75, 3.05) is 48.3 Å². The van der Waals surface area contributed by atoms with Crippen molar-refractivity contribution in [3.05, 3.63) is 0 Å². The van der Waals surface area contributed by atoms with Gasteiger partial charge in [0.15, 0.2) is 0 Å². The summed E-state index contributed by atoms with van der Waals surface area (Å²) in [6.45, 7) is 2.04. The van der Waals surface area contributed by atoms with Crippen LogP contribution in [0.25, 0.3) is 0 Å². The van der Waals surface area contributed by atoms with E-state index in [1.165, 1.54) is 0 Å². The Balaban J connectivity index is -0.000000980. The lowest BCUT2D eigenvalue weighted by molar-refractivity contribution is -0.869. The fraction of sp³-hybridized carbons (Fsp3) is 0.917. The number of hydrogen-bond acceptors (Lipinski definition) is 2. The third kappa shape index (κ3) is 18.7. The van der Waals surface area contributed by atoms with Gasteiger partial charge in [-0.3, -0.25) is 4.79 Å². The van der Waals surface area contributed by atoms with Gasteiger partial charge < -0.3 is 21.8 Å². The van der Waals surface area contributed by atoms with Crippen LogP contribution in [0.5, 0.6) is 0 Å². The van der Waals surface area contributed by atoms with Crippen molar-refractivity contribution in [3.63, 3.8) is 0 Å². The highest BCUT2D eigenvalue weighted by molar-refractivity contribution is 5.85. The molecule has 0 aromatic heterocycles. The minimum absolute atomic E-state index is 0. The van der Waals surface area contributed by atoms with Gasteiger partial charge in [-0.25, -0.2) is 0 Å². The maximum Gasteiger partial charge on any atom is 0.138 e. The van der Waals surface area contributed by atoms with Crippen LogP contribution in [0.4, 0.5) is 0 Å². The van der Waals surface area contributed by atoms with E-state index in [0.29, 0.717) is 5.78 Å². The van der Waals surface area contributed by atoms with Crippen LogP contribution in [0.15, 0.2) is 0 Å². The summed E-state index contributed by atoms with van der Waals surface area (Å²) in [6.07, 6.45) is 3.65. The van der Waals surface area contributed by atoms with Gasteiger partial charge in [-0.2, -0.15) is 0 Å². The molecule has 0 unspecified atom stereocenters. The number of Topliss-reactive ketones (excluding diaryl/α,β-unsaturated/α-hetero) is 1. The number of nitrogens with zero attached hydrogens (tertiary/aromatic N) is 2. The van der Waals surface area contributed by atoms with Crippen molar-refractivity contribution in [2.45, 2.75) is 25.7 Å². The van der Waals surface area contributed by atoms with Crippen molar-refractivity contribution >= 4 is 18.2 Å². The first-order valence-electron chi connectivity index (χ1n) is 5.78. The van der Waals surface area contributed by atoms with E-state index in [9.17, 15) is 4.79 Å². The Hall–Kier alpha value is 0.170. The van der Waals surface area contributed by atoms with Crippen LogP contribution < -0.4 is 12.4 Å². The first-order chi connectivity index (χ1) is 6.81. The van der Waals surface area contributed by atoms with Crippen molar-refractivity contribution < 1.29 is 21.7 Å². The van der Waals surface area contributed by atoms with Gasteiger partial charge in [0.25, 0.3) is 0 Å². The van der Waals surface area contributed by atoms with E-state index in [4.69, 9.17) is 0 Å². The second kappa shape index (κ2) is 11.3. The van der Waals surface area contributed by atoms with Gasteiger partial charge in [0.1, 0.15) is 5.78 Å². The molecule has 0 saturated heterocycles. The van der Waals surface area contributed by atoms with Crippen molar-refractivity contribution in [2.24, 2.45) is 0 Å². The fourth-order valence-electron chi connectivity index (χ4n) is 1.34. The molecule has 0 aliphatic heterocycles. The first-order valence-corrected chi connectivity index (χ1v) is 5.78. The lowest BCUT2D eigenvalue weighted by Crippen LogP contribution is -3.00. The van der Waals surface area contributed by atoms with Crippen LogP contribution >= 0.6 is 12.4 Å². The topological polar surface area (TPSA) is 20.3 Å². The minimum atomic E-state index is 0. The summed E-state index contributed by atoms with van der Waals surface area (Å²) in [7, 11) is 10.5. The minimum Gasteiger partial charge on any atom is -1.00 e. The summed E-state index contributed by atoms with van der Waals surface area (Å²) >= 11 is 0. The molecule has 0 aromatic carbocycles. The Morgan fingerprint density at radius 2 is 1.59 bits per heavy atom. The monoisotopic (exact) mass is 286 g/mol. The third-order valence-corrected chi connectivity index (χ3v) is 2.37. The second-order valence-corrected chi connectivity index (χ2v) is 5.56. The molecule has 0 amide bonds. The van der Waals surface area contributed by atoms with E-state index in [-0.39, 0.29) is 24.8 Å². The molecular weight excluding hydrogens is 259 g/mol. The molecule has 0 bridgehead atoms. The van der Waals surface area contributed by atoms with Crippen molar-refractivity contribution in [3.8, 4) is 0 Å². The summed E-state index contributed by atoms with van der Waals surface area (Å²) < 4.78 is 0.878. The number of unbranched alkanes of at least 4 members (excludes halogenated alkanes) is 1. The Kier molecular flexibility index (Phi) is 14.8. The number of halogens is 2. The standard InChI is InChI=1S/C12H27N2O.2ClH/c1-13(2)10-7-6-8-12(15)9-11-14(3,4)5;;/h6-11H2,1-5H3;2*1H/q+1;;/p-1. The molecule has 0 radical (unpaired) electrons. The molecule has 0 aliphatic rings. The van der Waals surface area contributed by atoms with Crippen LogP contribution in [-0.4, -0.2) is 63.5 Å². The molecule has 0 saturated carbocycles. The molecule has 106 valence electrons. The van der Waals surface area contributed by atoms with Gasteiger partial charge in [-0.1, -0.05) is 0 Å². The summed E-state index contributed by atoms with van der Waals surface area (Å²) in [6, 6.07) is 0. The highest BCUT2D eigenvalue weighted by Crippen LogP contribution is 2.02. The molecule has 0 atom stereocenters. The molecule has 5 heteroatoms. The van der Waals surface area contributed by atoms with Crippen molar-refractivity contribution in [1.82, 2.24) is 4.90 Å². The molecule has 3 nitrogen and oxygen atoms in total. The molecule has 0 spiro atoms. The predicted octanol–water partition coefficient (Wildman–Crippen LogP) is -1.19. The molecule has 0 aromatic rings. The number of rotatable bonds is 8. The molecule has 0 heterocycles. The summed E-state index contributed by atoms with van der Waals surface area (Å²) in [5.74, 6) is 0.418. The zero-order chi connectivity index (χ0) is 11.9. The first kappa shape index (κ1) is 22.4. The van der Waals surface area contributed by atoms with Crippen LogP contribution in [0.2, 0.25) is 0 Å². The van der Waals surface area contributed by atoms with Gasteiger partial charge >= 0.3 is 0 Å². The largest absolute Gasteiger partial charge is 1.00 e. The van der Waals surface area contributed by atoms with Gasteiger partial charge in [-0.15, -0.1) is 12.4 Å². The zero-order valence-electron chi connectivity index (χ0n) is 11.8. The lowest BCUT2D eigenvalue weighted by atomic mass is 10.1. The van der Waals surface area contributed by atoms with Gasteiger partial charge in [0.2, 0.25) is 0 Å². The molecule has 0 fully saturated rings. The summed E-state index contributed by atoms with van der Waals surface area (Å²) in [5.41, 5.74) is 0. The zero-order valence-corrected chi connectivity index (χ0v) is 13.4. The quantitative estimate of drug-likeness (QED) is 0.413. The van der Waals surface area contributed by atoms with E-state index in [1.807, 2.05) is 0 Å². The Morgan fingerprint density at radius 1 is 1.06 bits per heavy atom. The number of quaternary nitrogens is 1. The highest BCUT2D eigenvalue weighted by atomic mass is 35.5. The average molecular weight is 287 g/mol. The van der Waals surface area contributed by atoms with E-state index < -0.39 is 0 Å². The molecule has 17 heavy (non-hydrogen) atoms. The summed E-state index contributed by atoms with van der Waals surface area (Å²) in [5, 5.41) is 0. The van der Waals surface area contributed by atoms with Gasteiger partial charge in [-0.05, 0) is 33.5 Å². The molecular formula is C12H28Cl2N2O.